The van der Waals surface area contributed by atoms with E-state index in [0.717, 1.165) is 30.0 Å². The van der Waals surface area contributed by atoms with E-state index >= 15 is 0 Å². The number of methoxy groups -OCH3 is 3. The van der Waals surface area contributed by atoms with Gasteiger partial charge in [-0.15, -0.1) is 12.4 Å². The van der Waals surface area contributed by atoms with E-state index in [0.29, 0.717) is 5.75 Å². The molecule has 0 radical (unpaired) electrons. The Morgan fingerprint density at radius 3 is 1.90 bits per heavy atom. The van der Waals surface area contributed by atoms with Crippen molar-refractivity contribution in [3.63, 3.8) is 0 Å². The minimum atomic E-state index is 0. The van der Waals surface area contributed by atoms with E-state index in [2.05, 4.69) is 26.1 Å². The number of halogens is 1. The van der Waals surface area contributed by atoms with Gasteiger partial charge in [-0.05, 0) is 26.3 Å². The van der Waals surface area contributed by atoms with Gasteiger partial charge in [-0.1, -0.05) is 6.92 Å². The van der Waals surface area contributed by atoms with Crippen molar-refractivity contribution in [1.82, 2.24) is 5.32 Å². The third kappa shape index (κ3) is 4.76. The summed E-state index contributed by atoms with van der Waals surface area (Å²) in [5.74, 6) is 2.20. The molecule has 4 nitrogen and oxygen atoms in total. The molecule has 0 atom stereocenters. The molecule has 0 aliphatic carbocycles. The molecule has 116 valence electrons. The summed E-state index contributed by atoms with van der Waals surface area (Å²) in [5, 5.41) is 3.51. The summed E-state index contributed by atoms with van der Waals surface area (Å²) >= 11 is 0. The van der Waals surface area contributed by atoms with Crippen LogP contribution in [0.3, 0.4) is 0 Å². The number of hydrogen-bond donors (Lipinski definition) is 1. The summed E-state index contributed by atoms with van der Waals surface area (Å²) in [7, 11) is 4.92. The van der Waals surface area contributed by atoms with E-state index in [9.17, 15) is 0 Å². The number of rotatable bonds is 7. The number of benzene rings is 1. The van der Waals surface area contributed by atoms with Crippen molar-refractivity contribution >= 4 is 12.4 Å². The number of nitrogens with one attached hydrogen (secondary N) is 1. The second kappa shape index (κ2) is 8.22. The van der Waals surface area contributed by atoms with Crippen LogP contribution in [0.5, 0.6) is 17.2 Å². The van der Waals surface area contributed by atoms with E-state index in [4.69, 9.17) is 14.2 Å². The van der Waals surface area contributed by atoms with Gasteiger partial charge in [-0.25, -0.2) is 0 Å². The number of ether oxygens (including phenoxy) is 3. The minimum Gasteiger partial charge on any atom is -0.496 e. The first kappa shape index (κ1) is 18.9. The standard InChI is InChI=1S/C15H25NO3.ClH/c1-7-15(2,3)16-10-11-8-13(18-5)14(19-6)9-12(11)17-4;/h8-9,16H,7,10H2,1-6H3;1H. The van der Waals surface area contributed by atoms with Gasteiger partial charge in [0.1, 0.15) is 5.75 Å². The summed E-state index contributed by atoms with van der Waals surface area (Å²) in [6.45, 7) is 7.25. The van der Waals surface area contributed by atoms with Gasteiger partial charge in [-0.2, -0.15) is 0 Å². The fourth-order valence-corrected chi connectivity index (χ4v) is 1.69. The van der Waals surface area contributed by atoms with Gasteiger partial charge in [-0.3, -0.25) is 0 Å². The lowest BCUT2D eigenvalue weighted by molar-refractivity contribution is 0.342. The summed E-state index contributed by atoms with van der Waals surface area (Å²) in [6.07, 6.45) is 1.06. The zero-order valence-electron chi connectivity index (χ0n) is 13.2. The zero-order chi connectivity index (χ0) is 14.5. The van der Waals surface area contributed by atoms with Crippen LogP contribution in [0.25, 0.3) is 0 Å². The molecule has 1 aromatic carbocycles. The second-order valence-electron chi connectivity index (χ2n) is 5.11. The molecular weight excluding hydrogens is 278 g/mol. The van der Waals surface area contributed by atoms with Crippen LogP contribution in [0, 0.1) is 0 Å². The average molecular weight is 304 g/mol. The van der Waals surface area contributed by atoms with E-state index in [-0.39, 0.29) is 17.9 Å². The summed E-state index contributed by atoms with van der Waals surface area (Å²) in [4.78, 5) is 0. The largest absolute Gasteiger partial charge is 0.496 e. The van der Waals surface area contributed by atoms with E-state index in [1.165, 1.54) is 0 Å². The molecule has 0 fully saturated rings. The van der Waals surface area contributed by atoms with Crippen LogP contribution in [0.4, 0.5) is 0 Å². The van der Waals surface area contributed by atoms with Crippen LogP contribution in [-0.2, 0) is 6.54 Å². The van der Waals surface area contributed by atoms with E-state index in [1.807, 2.05) is 12.1 Å². The van der Waals surface area contributed by atoms with Gasteiger partial charge in [0.15, 0.2) is 11.5 Å². The first-order chi connectivity index (χ1) is 8.97. The molecule has 0 saturated carbocycles. The molecule has 1 aromatic rings. The number of hydrogen-bond acceptors (Lipinski definition) is 4. The molecule has 0 saturated heterocycles. The van der Waals surface area contributed by atoms with Crippen molar-refractivity contribution in [2.75, 3.05) is 21.3 Å². The molecule has 0 aliphatic heterocycles. The smallest absolute Gasteiger partial charge is 0.164 e. The Labute approximate surface area is 128 Å². The molecule has 20 heavy (non-hydrogen) atoms. The monoisotopic (exact) mass is 303 g/mol. The van der Waals surface area contributed by atoms with Crippen molar-refractivity contribution in [3.05, 3.63) is 17.7 Å². The highest BCUT2D eigenvalue weighted by Gasteiger charge is 2.17. The Kier molecular flexibility index (Phi) is 7.76. The minimum absolute atomic E-state index is 0. The average Bonchev–Trinajstić information content (AvgIpc) is 2.44. The maximum atomic E-state index is 5.41. The fourth-order valence-electron chi connectivity index (χ4n) is 1.69. The molecule has 1 N–H and O–H groups in total. The first-order valence-electron chi connectivity index (χ1n) is 6.51. The zero-order valence-corrected chi connectivity index (χ0v) is 14.0. The molecule has 0 unspecified atom stereocenters. The van der Waals surface area contributed by atoms with Crippen LogP contribution >= 0.6 is 12.4 Å². The van der Waals surface area contributed by atoms with Crippen molar-refractivity contribution in [2.24, 2.45) is 0 Å². The van der Waals surface area contributed by atoms with Crippen LogP contribution in [0.1, 0.15) is 32.8 Å². The summed E-state index contributed by atoms with van der Waals surface area (Å²) in [6, 6.07) is 3.81. The van der Waals surface area contributed by atoms with Gasteiger partial charge in [0, 0.05) is 23.7 Å². The van der Waals surface area contributed by atoms with Gasteiger partial charge >= 0.3 is 0 Å². The Bertz CT molecular complexity index is 422. The van der Waals surface area contributed by atoms with Crippen LogP contribution in [0.2, 0.25) is 0 Å². The van der Waals surface area contributed by atoms with Crippen molar-refractivity contribution in [2.45, 2.75) is 39.3 Å². The highest BCUT2D eigenvalue weighted by atomic mass is 35.5. The molecule has 0 aliphatic rings. The highest BCUT2D eigenvalue weighted by Crippen LogP contribution is 2.34. The van der Waals surface area contributed by atoms with Crippen LogP contribution in [-0.4, -0.2) is 26.9 Å². The molecule has 0 aromatic heterocycles. The van der Waals surface area contributed by atoms with Crippen LogP contribution < -0.4 is 19.5 Å². The van der Waals surface area contributed by atoms with Gasteiger partial charge < -0.3 is 19.5 Å². The van der Waals surface area contributed by atoms with Gasteiger partial charge in [0.25, 0.3) is 0 Å². The lowest BCUT2D eigenvalue weighted by Gasteiger charge is -2.25. The predicted molar refractivity (Wildman–Crippen MR) is 84.6 cm³/mol. The van der Waals surface area contributed by atoms with Gasteiger partial charge in [0.2, 0.25) is 0 Å². The molecule has 1 rings (SSSR count). The lowest BCUT2D eigenvalue weighted by atomic mass is 10.0. The molecule has 5 heteroatoms. The second-order valence-corrected chi connectivity index (χ2v) is 5.11. The van der Waals surface area contributed by atoms with Gasteiger partial charge in [0.05, 0.1) is 21.3 Å². The topological polar surface area (TPSA) is 39.7 Å². The Balaban J connectivity index is 0.00000361. The van der Waals surface area contributed by atoms with Crippen molar-refractivity contribution in [1.29, 1.82) is 0 Å². The SMILES string of the molecule is CCC(C)(C)NCc1cc(OC)c(OC)cc1OC.Cl. The normalized spacial score (nSPS) is 10.7. The van der Waals surface area contributed by atoms with Crippen LogP contribution in [0.15, 0.2) is 12.1 Å². The van der Waals surface area contributed by atoms with E-state index in [1.54, 1.807) is 21.3 Å². The molecule has 0 spiro atoms. The van der Waals surface area contributed by atoms with E-state index < -0.39 is 0 Å². The molecule has 0 heterocycles. The maximum absolute atomic E-state index is 5.41. The predicted octanol–water partition coefficient (Wildman–Crippen LogP) is 3.41. The quantitative estimate of drug-likeness (QED) is 0.838. The Hall–Kier alpha value is -1.13. The Morgan fingerprint density at radius 2 is 1.45 bits per heavy atom. The summed E-state index contributed by atoms with van der Waals surface area (Å²) in [5.41, 5.74) is 1.15. The third-order valence-corrected chi connectivity index (χ3v) is 3.43. The fraction of sp³-hybridized carbons (Fsp3) is 0.600. The third-order valence-electron chi connectivity index (χ3n) is 3.43. The molecule has 0 bridgehead atoms. The molecular formula is C15H26ClNO3. The molecule has 0 amide bonds. The first-order valence-corrected chi connectivity index (χ1v) is 6.51. The van der Waals surface area contributed by atoms with Crippen molar-refractivity contribution in [3.8, 4) is 17.2 Å². The highest BCUT2D eigenvalue weighted by molar-refractivity contribution is 5.85. The Morgan fingerprint density at radius 1 is 0.950 bits per heavy atom. The lowest BCUT2D eigenvalue weighted by Crippen LogP contribution is -2.37. The van der Waals surface area contributed by atoms with Crippen molar-refractivity contribution < 1.29 is 14.2 Å². The summed E-state index contributed by atoms with van der Waals surface area (Å²) < 4.78 is 16.0. The maximum Gasteiger partial charge on any atom is 0.164 e.